The highest BCUT2D eigenvalue weighted by Crippen LogP contribution is 2.45. The molecule has 0 aliphatic carbocycles. The minimum Gasteiger partial charge on any atom is -0.467 e. The standard InChI is InChI=1S/C20H28N2O4S/c1-3-21-10-7-20(8-11-21)14-13-17(27-16(14)6-12-26-20)18(23)22-9-4-5-15(22)19(24)25-2/h13,15H,3-12H2,1-2H3. The van der Waals surface area contributed by atoms with E-state index in [9.17, 15) is 9.59 Å². The van der Waals surface area contributed by atoms with Crippen molar-refractivity contribution in [1.29, 1.82) is 0 Å². The first-order valence-corrected chi connectivity index (χ1v) is 10.8. The normalized spacial score (nSPS) is 24.8. The summed E-state index contributed by atoms with van der Waals surface area (Å²) in [5.74, 6) is -0.350. The molecule has 1 aromatic heterocycles. The first kappa shape index (κ1) is 18.9. The summed E-state index contributed by atoms with van der Waals surface area (Å²) in [7, 11) is 1.39. The summed E-state index contributed by atoms with van der Waals surface area (Å²) in [6.07, 6.45) is 4.35. The van der Waals surface area contributed by atoms with Crippen LogP contribution in [0.2, 0.25) is 0 Å². The highest BCUT2D eigenvalue weighted by Gasteiger charge is 2.43. The maximum absolute atomic E-state index is 13.1. The van der Waals surface area contributed by atoms with Gasteiger partial charge >= 0.3 is 5.97 Å². The SMILES string of the molecule is CCN1CCC2(CC1)OCCc1sc(C(=O)N3CCCC3C(=O)OC)cc12. The minimum atomic E-state index is -0.445. The van der Waals surface area contributed by atoms with Gasteiger partial charge in [0, 0.05) is 30.9 Å². The number of ether oxygens (including phenoxy) is 2. The van der Waals surface area contributed by atoms with E-state index in [-0.39, 0.29) is 17.5 Å². The Balaban J connectivity index is 1.58. The number of rotatable bonds is 3. The van der Waals surface area contributed by atoms with E-state index in [1.807, 2.05) is 0 Å². The Kier molecular flexibility index (Phi) is 5.27. The molecule has 1 amide bonds. The van der Waals surface area contributed by atoms with E-state index in [0.717, 1.165) is 56.8 Å². The van der Waals surface area contributed by atoms with E-state index >= 15 is 0 Å². The van der Waals surface area contributed by atoms with Crippen LogP contribution in [0.5, 0.6) is 0 Å². The lowest BCUT2D eigenvalue weighted by Gasteiger charge is -2.43. The zero-order valence-corrected chi connectivity index (χ0v) is 17.0. The number of esters is 1. The first-order chi connectivity index (χ1) is 13.1. The molecule has 4 rings (SSSR count). The van der Waals surface area contributed by atoms with Gasteiger partial charge in [0.05, 0.1) is 24.2 Å². The molecule has 0 N–H and O–H groups in total. The Morgan fingerprint density at radius 2 is 2.11 bits per heavy atom. The van der Waals surface area contributed by atoms with E-state index in [0.29, 0.717) is 13.0 Å². The highest BCUT2D eigenvalue weighted by atomic mass is 32.1. The predicted molar refractivity (Wildman–Crippen MR) is 103 cm³/mol. The summed E-state index contributed by atoms with van der Waals surface area (Å²) in [5, 5.41) is 0. The van der Waals surface area contributed by atoms with E-state index < -0.39 is 6.04 Å². The summed E-state index contributed by atoms with van der Waals surface area (Å²) in [4.78, 5) is 31.3. The number of amides is 1. The van der Waals surface area contributed by atoms with Crippen LogP contribution in [0.1, 0.15) is 52.7 Å². The van der Waals surface area contributed by atoms with E-state index in [2.05, 4.69) is 17.9 Å². The van der Waals surface area contributed by atoms with Crippen LogP contribution in [0.4, 0.5) is 0 Å². The molecule has 1 atom stereocenters. The van der Waals surface area contributed by atoms with Crippen LogP contribution in [-0.2, 0) is 26.3 Å². The lowest BCUT2D eigenvalue weighted by molar-refractivity contribution is -0.145. The molecule has 0 aromatic carbocycles. The molecule has 3 aliphatic heterocycles. The van der Waals surface area contributed by atoms with Crippen LogP contribution in [0.3, 0.4) is 0 Å². The lowest BCUT2D eigenvalue weighted by Crippen LogP contribution is -2.46. The van der Waals surface area contributed by atoms with Gasteiger partial charge in [-0.2, -0.15) is 0 Å². The van der Waals surface area contributed by atoms with Gasteiger partial charge < -0.3 is 19.3 Å². The molecule has 2 fully saturated rings. The van der Waals surface area contributed by atoms with Gasteiger partial charge in [0.15, 0.2) is 0 Å². The van der Waals surface area contributed by atoms with E-state index in [4.69, 9.17) is 9.47 Å². The van der Waals surface area contributed by atoms with Crippen LogP contribution < -0.4 is 0 Å². The van der Waals surface area contributed by atoms with Gasteiger partial charge in [0.2, 0.25) is 0 Å². The van der Waals surface area contributed by atoms with Crippen LogP contribution in [-0.4, -0.2) is 67.6 Å². The molecular formula is C20H28N2O4S. The first-order valence-electron chi connectivity index (χ1n) is 9.96. The summed E-state index contributed by atoms with van der Waals surface area (Å²) in [5.41, 5.74) is 0.979. The smallest absolute Gasteiger partial charge is 0.328 e. The van der Waals surface area contributed by atoms with Crippen LogP contribution >= 0.6 is 11.3 Å². The molecule has 6 nitrogen and oxygen atoms in total. The van der Waals surface area contributed by atoms with Crippen LogP contribution in [0, 0.1) is 0 Å². The van der Waals surface area contributed by atoms with Crippen molar-refractivity contribution in [2.45, 2.75) is 50.7 Å². The zero-order valence-electron chi connectivity index (χ0n) is 16.2. The minimum absolute atomic E-state index is 0.0385. The van der Waals surface area contributed by atoms with Crippen molar-refractivity contribution in [2.24, 2.45) is 0 Å². The van der Waals surface area contributed by atoms with Crippen molar-refractivity contribution >= 4 is 23.2 Å². The number of thiophene rings is 1. The monoisotopic (exact) mass is 392 g/mol. The molecule has 2 saturated heterocycles. The summed E-state index contributed by atoms with van der Waals surface area (Å²) in [6, 6.07) is 1.61. The molecule has 148 valence electrons. The van der Waals surface area contributed by atoms with Crippen molar-refractivity contribution in [2.75, 3.05) is 39.9 Å². The van der Waals surface area contributed by atoms with Gasteiger partial charge in [-0.15, -0.1) is 11.3 Å². The van der Waals surface area contributed by atoms with Crippen molar-refractivity contribution in [3.8, 4) is 0 Å². The van der Waals surface area contributed by atoms with Crippen molar-refractivity contribution in [3.05, 3.63) is 21.4 Å². The van der Waals surface area contributed by atoms with Gasteiger partial charge in [-0.1, -0.05) is 6.92 Å². The second kappa shape index (κ2) is 7.53. The number of hydrogen-bond donors (Lipinski definition) is 0. The third kappa shape index (κ3) is 3.30. The number of nitrogens with zero attached hydrogens (tertiary/aromatic N) is 2. The second-order valence-electron chi connectivity index (χ2n) is 7.65. The Bertz CT molecular complexity index is 724. The topological polar surface area (TPSA) is 59.1 Å². The lowest BCUT2D eigenvalue weighted by atomic mass is 9.82. The molecule has 4 heterocycles. The molecule has 0 bridgehead atoms. The molecule has 3 aliphatic rings. The third-order valence-corrected chi connectivity index (χ3v) is 7.50. The largest absolute Gasteiger partial charge is 0.467 e. The zero-order chi connectivity index (χ0) is 19.0. The number of hydrogen-bond acceptors (Lipinski definition) is 6. The van der Waals surface area contributed by atoms with Crippen molar-refractivity contribution < 1.29 is 19.1 Å². The molecule has 1 aromatic rings. The fourth-order valence-electron chi connectivity index (χ4n) is 4.70. The highest BCUT2D eigenvalue weighted by molar-refractivity contribution is 7.14. The second-order valence-corrected chi connectivity index (χ2v) is 8.79. The summed E-state index contributed by atoms with van der Waals surface area (Å²) in [6.45, 7) is 6.67. The summed E-state index contributed by atoms with van der Waals surface area (Å²) < 4.78 is 11.2. The number of likely N-dealkylation sites (tertiary alicyclic amines) is 2. The van der Waals surface area contributed by atoms with Gasteiger partial charge in [-0.05, 0) is 43.9 Å². The molecule has 27 heavy (non-hydrogen) atoms. The van der Waals surface area contributed by atoms with Crippen molar-refractivity contribution in [3.63, 3.8) is 0 Å². The van der Waals surface area contributed by atoms with Gasteiger partial charge in [0.25, 0.3) is 5.91 Å². The number of methoxy groups -OCH3 is 1. The molecule has 0 saturated carbocycles. The van der Waals surface area contributed by atoms with E-state index in [1.54, 1.807) is 16.2 Å². The molecule has 7 heteroatoms. The predicted octanol–water partition coefficient (Wildman–Crippen LogP) is 2.41. The van der Waals surface area contributed by atoms with E-state index in [1.165, 1.54) is 17.6 Å². The van der Waals surface area contributed by atoms with Gasteiger partial charge in [-0.25, -0.2) is 4.79 Å². The number of piperidine rings is 1. The maximum Gasteiger partial charge on any atom is 0.328 e. The Morgan fingerprint density at radius 1 is 1.33 bits per heavy atom. The van der Waals surface area contributed by atoms with Crippen LogP contribution in [0.15, 0.2) is 6.07 Å². The Hall–Kier alpha value is -1.44. The quantitative estimate of drug-likeness (QED) is 0.740. The number of carbonyl (C=O) groups excluding carboxylic acids is 2. The van der Waals surface area contributed by atoms with Crippen LogP contribution in [0.25, 0.3) is 0 Å². The average molecular weight is 393 g/mol. The Morgan fingerprint density at radius 3 is 2.81 bits per heavy atom. The fraction of sp³-hybridized carbons (Fsp3) is 0.700. The van der Waals surface area contributed by atoms with Gasteiger partial charge in [-0.3, -0.25) is 4.79 Å². The molecule has 0 radical (unpaired) electrons. The molecule has 1 unspecified atom stereocenters. The van der Waals surface area contributed by atoms with Crippen molar-refractivity contribution in [1.82, 2.24) is 9.80 Å². The Labute approximate surface area is 164 Å². The maximum atomic E-state index is 13.1. The molecule has 1 spiro atoms. The van der Waals surface area contributed by atoms with Gasteiger partial charge in [0.1, 0.15) is 6.04 Å². The summed E-state index contributed by atoms with van der Waals surface area (Å²) >= 11 is 1.59. The molecular weight excluding hydrogens is 364 g/mol. The third-order valence-electron chi connectivity index (χ3n) is 6.32. The number of fused-ring (bicyclic) bond motifs is 2. The average Bonchev–Trinajstić information content (AvgIpc) is 3.35. The fourth-order valence-corrected chi connectivity index (χ4v) is 5.89. The number of carbonyl (C=O) groups is 2.